The second-order valence-corrected chi connectivity index (χ2v) is 6.99. The lowest BCUT2D eigenvalue weighted by molar-refractivity contribution is -0.134. The zero-order valence-corrected chi connectivity index (χ0v) is 14.3. The monoisotopic (exact) mass is 330 g/mol. The van der Waals surface area contributed by atoms with E-state index in [9.17, 15) is 9.59 Å². The molecule has 3 rings (SSSR count). The number of aromatic nitrogens is 1. The molecule has 0 radical (unpaired) electrons. The molecule has 0 atom stereocenters. The van der Waals surface area contributed by atoms with E-state index in [2.05, 4.69) is 9.88 Å². The van der Waals surface area contributed by atoms with Gasteiger partial charge in [-0.1, -0.05) is 19.3 Å². The van der Waals surface area contributed by atoms with Crippen molar-refractivity contribution in [2.75, 3.05) is 26.2 Å². The lowest BCUT2D eigenvalue weighted by Gasteiger charge is -2.47. The van der Waals surface area contributed by atoms with Crippen molar-refractivity contribution >= 4 is 11.8 Å². The summed E-state index contributed by atoms with van der Waals surface area (Å²) in [4.78, 5) is 32.9. The molecule has 1 aliphatic carbocycles. The molecule has 1 aromatic heterocycles. The molecule has 1 aliphatic heterocycles. The van der Waals surface area contributed by atoms with Gasteiger partial charge in [-0.15, -0.1) is 0 Å². The second kappa shape index (κ2) is 6.89. The van der Waals surface area contributed by atoms with E-state index in [0.29, 0.717) is 31.7 Å². The number of amides is 2. The number of nitrogens with two attached hydrogens (primary N) is 1. The van der Waals surface area contributed by atoms with Crippen molar-refractivity contribution in [3.8, 4) is 0 Å². The van der Waals surface area contributed by atoms with E-state index in [1.165, 1.54) is 6.42 Å². The van der Waals surface area contributed by atoms with Gasteiger partial charge in [0, 0.05) is 38.6 Å². The molecule has 0 aromatic carbocycles. The molecule has 6 heteroatoms. The fourth-order valence-electron chi connectivity index (χ4n) is 4.05. The van der Waals surface area contributed by atoms with Crippen LogP contribution in [0.3, 0.4) is 0 Å². The molecule has 2 amide bonds. The largest absolute Gasteiger partial charge is 0.368 e. The van der Waals surface area contributed by atoms with Crippen LogP contribution < -0.4 is 5.73 Å². The number of rotatable bonds is 3. The van der Waals surface area contributed by atoms with Crippen LogP contribution in [-0.4, -0.2) is 58.3 Å². The zero-order valence-electron chi connectivity index (χ0n) is 14.3. The first kappa shape index (κ1) is 16.9. The maximum absolute atomic E-state index is 12.6. The molecule has 0 spiro atoms. The van der Waals surface area contributed by atoms with Crippen molar-refractivity contribution < 1.29 is 9.59 Å². The molecule has 24 heavy (non-hydrogen) atoms. The van der Waals surface area contributed by atoms with Crippen molar-refractivity contribution in [1.29, 1.82) is 0 Å². The maximum atomic E-state index is 12.6. The second-order valence-electron chi connectivity index (χ2n) is 6.99. The van der Waals surface area contributed by atoms with Crippen LogP contribution in [0.2, 0.25) is 0 Å². The molecule has 1 saturated heterocycles. The number of nitrogens with zero attached hydrogens (tertiary/aromatic N) is 3. The van der Waals surface area contributed by atoms with Crippen LogP contribution in [0.15, 0.2) is 18.5 Å². The Hall–Kier alpha value is -1.95. The Morgan fingerprint density at radius 3 is 2.33 bits per heavy atom. The average Bonchev–Trinajstić information content (AvgIpc) is 2.61. The van der Waals surface area contributed by atoms with Crippen molar-refractivity contribution in [2.45, 2.75) is 44.6 Å². The highest BCUT2D eigenvalue weighted by molar-refractivity contribution is 5.94. The third-order valence-corrected chi connectivity index (χ3v) is 5.43. The SMILES string of the molecule is Cc1cncc(C(=O)N2CCN(C3(C(N)=O)CCCCC3)CC2)c1. The normalized spacial score (nSPS) is 21.5. The van der Waals surface area contributed by atoms with Crippen molar-refractivity contribution in [2.24, 2.45) is 5.73 Å². The van der Waals surface area contributed by atoms with Crippen molar-refractivity contribution in [1.82, 2.24) is 14.8 Å². The predicted molar refractivity (Wildman–Crippen MR) is 91.5 cm³/mol. The minimum Gasteiger partial charge on any atom is -0.368 e. The van der Waals surface area contributed by atoms with E-state index in [-0.39, 0.29) is 11.8 Å². The Morgan fingerprint density at radius 1 is 1.08 bits per heavy atom. The maximum Gasteiger partial charge on any atom is 0.255 e. The molecule has 6 nitrogen and oxygen atoms in total. The first-order chi connectivity index (χ1) is 11.5. The number of pyridine rings is 1. The summed E-state index contributed by atoms with van der Waals surface area (Å²) in [6.07, 6.45) is 8.33. The molecule has 2 N–H and O–H groups in total. The first-order valence-electron chi connectivity index (χ1n) is 8.79. The topological polar surface area (TPSA) is 79.5 Å². The predicted octanol–water partition coefficient (Wildman–Crippen LogP) is 1.34. The summed E-state index contributed by atoms with van der Waals surface area (Å²) in [5.41, 5.74) is 6.88. The van der Waals surface area contributed by atoms with Crippen LogP contribution in [0.1, 0.15) is 48.0 Å². The van der Waals surface area contributed by atoms with E-state index in [1.54, 1.807) is 12.4 Å². The summed E-state index contributed by atoms with van der Waals surface area (Å²) in [5, 5.41) is 0. The molecule has 130 valence electrons. The van der Waals surface area contributed by atoms with E-state index in [1.807, 2.05) is 17.9 Å². The Bertz CT molecular complexity index is 617. The smallest absolute Gasteiger partial charge is 0.255 e. The van der Waals surface area contributed by atoms with Gasteiger partial charge in [0.15, 0.2) is 0 Å². The van der Waals surface area contributed by atoms with Crippen LogP contribution in [-0.2, 0) is 4.79 Å². The van der Waals surface area contributed by atoms with E-state index < -0.39 is 5.54 Å². The number of piperazine rings is 1. The molecular weight excluding hydrogens is 304 g/mol. The van der Waals surface area contributed by atoms with Crippen molar-refractivity contribution in [3.05, 3.63) is 29.6 Å². The van der Waals surface area contributed by atoms with Gasteiger partial charge >= 0.3 is 0 Å². The standard InChI is InChI=1S/C18H26N4O2/c1-14-11-15(13-20-12-14)16(23)21-7-9-22(10-8-21)18(17(19)24)5-3-2-4-6-18/h11-13H,2-10H2,1H3,(H2,19,24). The van der Waals surface area contributed by atoms with Crippen LogP contribution in [0.5, 0.6) is 0 Å². The quantitative estimate of drug-likeness (QED) is 0.907. The van der Waals surface area contributed by atoms with Gasteiger partial charge in [0.2, 0.25) is 5.91 Å². The summed E-state index contributed by atoms with van der Waals surface area (Å²) < 4.78 is 0. The molecular formula is C18H26N4O2. The average molecular weight is 330 g/mol. The van der Waals surface area contributed by atoms with Crippen LogP contribution >= 0.6 is 0 Å². The minimum atomic E-state index is -0.502. The Labute approximate surface area is 143 Å². The number of carbonyl (C=O) groups excluding carboxylic acids is 2. The van der Waals surface area contributed by atoms with Crippen LogP contribution in [0, 0.1) is 6.92 Å². The number of aryl methyl sites for hydroxylation is 1. The number of hydrogen-bond donors (Lipinski definition) is 1. The van der Waals surface area contributed by atoms with E-state index in [0.717, 1.165) is 31.2 Å². The Morgan fingerprint density at radius 2 is 1.75 bits per heavy atom. The van der Waals surface area contributed by atoms with Gasteiger partial charge < -0.3 is 10.6 Å². The summed E-state index contributed by atoms with van der Waals surface area (Å²) in [6, 6.07) is 1.87. The van der Waals surface area contributed by atoms with Gasteiger partial charge in [0.25, 0.3) is 5.91 Å². The third-order valence-electron chi connectivity index (χ3n) is 5.43. The molecule has 1 saturated carbocycles. The Kier molecular flexibility index (Phi) is 4.85. The Balaban J connectivity index is 1.67. The highest BCUT2D eigenvalue weighted by Crippen LogP contribution is 2.34. The van der Waals surface area contributed by atoms with Crippen LogP contribution in [0.25, 0.3) is 0 Å². The minimum absolute atomic E-state index is 0.0163. The molecule has 1 aromatic rings. The summed E-state index contributed by atoms with van der Waals surface area (Å²) in [5.74, 6) is -0.188. The summed E-state index contributed by atoms with van der Waals surface area (Å²) in [6.45, 7) is 4.59. The number of primary amides is 1. The van der Waals surface area contributed by atoms with E-state index >= 15 is 0 Å². The molecule has 0 bridgehead atoms. The van der Waals surface area contributed by atoms with Gasteiger partial charge in [-0.3, -0.25) is 19.5 Å². The summed E-state index contributed by atoms with van der Waals surface area (Å²) >= 11 is 0. The van der Waals surface area contributed by atoms with E-state index in [4.69, 9.17) is 5.73 Å². The molecule has 2 fully saturated rings. The lowest BCUT2D eigenvalue weighted by Crippen LogP contribution is -2.63. The fourth-order valence-corrected chi connectivity index (χ4v) is 4.05. The van der Waals surface area contributed by atoms with Gasteiger partial charge in [0.1, 0.15) is 5.54 Å². The zero-order chi connectivity index (χ0) is 17.2. The van der Waals surface area contributed by atoms with Gasteiger partial charge in [-0.2, -0.15) is 0 Å². The van der Waals surface area contributed by atoms with Crippen molar-refractivity contribution in [3.63, 3.8) is 0 Å². The fraction of sp³-hybridized carbons (Fsp3) is 0.611. The van der Waals surface area contributed by atoms with Gasteiger partial charge in [-0.25, -0.2) is 0 Å². The molecule has 0 unspecified atom stereocenters. The van der Waals surface area contributed by atoms with Gasteiger partial charge in [-0.05, 0) is 31.4 Å². The third kappa shape index (κ3) is 3.15. The highest BCUT2D eigenvalue weighted by atomic mass is 16.2. The molecule has 2 aliphatic rings. The van der Waals surface area contributed by atoms with Crippen LogP contribution in [0.4, 0.5) is 0 Å². The number of hydrogen-bond acceptors (Lipinski definition) is 4. The highest BCUT2D eigenvalue weighted by Gasteiger charge is 2.44. The lowest BCUT2D eigenvalue weighted by atomic mass is 9.79. The van der Waals surface area contributed by atoms with Gasteiger partial charge in [0.05, 0.1) is 5.56 Å². The number of carbonyl (C=O) groups is 2. The first-order valence-corrected chi connectivity index (χ1v) is 8.79. The summed E-state index contributed by atoms with van der Waals surface area (Å²) in [7, 11) is 0. The molecule has 2 heterocycles.